The average molecular weight is 1380 g/mol. The quantitative estimate of drug-likeness (QED) is 0.0222. The van der Waals surface area contributed by atoms with Gasteiger partial charge in [0.05, 0.1) is 26.4 Å². The first-order chi connectivity index (χ1) is 45.1. The van der Waals surface area contributed by atoms with Gasteiger partial charge in [0.15, 0.2) is 12.2 Å². The maximum atomic E-state index is 13.1. The molecule has 0 aliphatic heterocycles. The van der Waals surface area contributed by atoms with Gasteiger partial charge >= 0.3 is 39.5 Å². The van der Waals surface area contributed by atoms with Gasteiger partial charge in [-0.15, -0.1) is 0 Å². The molecule has 558 valence electrons. The number of aliphatic hydroxyl groups excluding tert-OH is 1. The van der Waals surface area contributed by atoms with E-state index in [0.29, 0.717) is 31.6 Å². The monoisotopic (exact) mass is 1380 g/mol. The molecule has 0 amide bonds. The van der Waals surface area contributed by atoms with Crippen LogP contribution >= 0.6 is 15.6 Å². The number of rotatable bonds is 72. The zero-order chi connectivity index (χ0) is 69.6. The molecule has 0 aromatic rings. The molecule has 5 atom stereocenters. The number of hydrogen-bond acceptors (Lipinski definition) is 15. The van der Waals surface area contributed by atoms with Crippen LogP contribution in [0.25, 0.3) is 0 Å². The van der Waals surface area contributed by atoms with E-state index in [0.717, 1.165) is 114 Å². The first kappa shape index (κ1) is 92.1. The number of carbonyl (C=O) groups excluding carboxylic acids is 4. The van der Waals surface area contributed by atoms with Crippen molar-refractivity contribution in [1.29, 1.82) is 0 Å². The number of phosphoric ester groups is 2. The molecule has 17 nitrogen and oxygen atoms in total. The number of esters is 4. The third kappa shape index (κ3) is 68.6. The molecular weight excluding hydrogens is 1230 g/mol. The Hall–Kier alpha value is -1.94. The number of phosphoric acid groups is 2. The molecule has 0 radical (unpaired) electrons. The lowest BCUT2D eigenvalue weighted by molar-refractivity contribution is -0.161. The van der Waals surface area contributed by atoms with E-state index in [4.69, 9.17) is 37.0 Å². The minimum atomic E-state index is -4.96. The van der Waals surface area contributed by atoms with E-state index < -0.39 is 97.5 Å². The van der Waals surface area contributed by atoms with Gasteiger partial charge in [0.1, 0.15) is 19.3 Å². The Kier molecular flexibility index (Phi) is 63.1. The van der Waals surface area contributed by atoms with Gasteiger partial charge in [0, 0.05) is 25.7 Å². The second kappa shape index (κ2) is 64.4. The molecule has 2 unspecified atom stereocenters. The molecule has 0 aromatic heterocycles. The van der Waals surface area contributed by atoms with Crippen molar-refractivity contribution in [1.82, 2.24) is 0 Å². The fourth-order valence-electron chi connectivity index (χ4n) is 11.4. The Labute approximate surface area is 575 Å². The third-order valence-corrected chi connectivity index (χ3v) is 19.2. The number of ether oxygens (including phenoxy) is 4. The molecule has 0 aromatic carbocycles. The molecule has 0 rings (SSSR count). The van der Waals surface area contributed by atoms with Crippen LogP contribution in [0.15, 0.2) is 0 Å². The molecule has 94 heavy (non-hydrogen) atoms. The van der Waals surface area contributed by atoms with E-state index >= 15 is 0 Å². The van der Waals surface area contributed by atoms with Crippen LogP contribution in [0.1, 0.15) is 376 Å². The van der Waals surface area contributed by atoms with Crippen molar-refractivity contribution < 1.29 is 80.2 Å². The molecule has 0 bridgehead atoms. The lowest BCUT2D eigenvalue weighted by atomic mass is 10.0. The van der Waals surface area contributed by atoms with Gasteiger partial charge < -0.3 is 33.8 Å². The predicted octanol–water partition coefficient (Wildman–Crippen LogP) is 21.7. The molecule has 19 heteroatoms. The Balaban J connectivity index is 5.20. The van der Waals surface area contributed by atoms with E-state index in [1.807, 2.05) is 0 Å². The van der Waals surface area contributed by atoms with Crippen molar-refractivity contribution in [2.75, 3.05) is 39.6 Å². The molecule has 0 saturated heterocycles. The topological polar surface area (TPSA) is 237 Å². The molecule has 0 aliphatic rings. The third-order valence-electron chi connectivity index (χ3n) is 17.3. The number of hydrogen-bond donors (Lipinski definition) is 3. The Morgan fingerprint density at radius 3 is 0.660 bits per heavy atom. The van der Waals surface area contributed by atoms with Crippen molar-refractivity contribution in [3.05, 3.63) is 0 Å². The van der Waals surface area contributed by atoms with Gasteiger partial charge in [-0.1, -0.05) is 325 Å². The summed E-state index contributed by atoms with van der Waals surface area (Å²) in [6.07, 6.45) is 48.8. The zero-order valence-corrected chi connectivity index (χ0v) is 63.4. The molecule has 0 fully saturated rings. The van der Waals surface area contributed by atoms with E-state index in [2.05, 4.69) is 55.4 Å². The Bertz CT molecular complexity index is 1850. The molecule has 0 spiro atoms. The zero-order valence-electron chi connectivity index (χ0n) is 61.6. The average Bonchev–Trinajstić information content (AvgIpc) is 2.32. The molecule has 0 aliphatic carbocycles. The van der Waals surface area contributed by atoms with Crippen molar-refractivity contribution in [3.63, 3.8) is 0 Å². The summed E-state index contributed by atoms with van der Waals surface area (Å²) < 4.78 is 68.4. The van der Waals surface area contributed by atoms with Gasteiger partial charge in [0.25, 0.3) is 0 Å². The highest BCUT2D eigenvalue weighted by molar-refractivity contribution is 7.47. The Morgan fingerprint density at radius 1 is 0.266 bits per heavy atom. The van der Waals surface area contributed by atoms with E-state index in [9.17, 15) is 43.2 Å². The van der Waals surface area contributed by atoms with Crippen molar-refractivity contribution >= 4 is 39.5 Å². The SMILES string of the molecule is CC(C)CCCCCCCCCCCCCCCCCCC(=O)OC[C@H](COP(=O)(O)OC[C@@H](O)COP(=O)(O)OC[C@@H](COC(=O)CCCCCCCCC(C)C)OC(=O)CCCCCCCCCCCCCC(C)C)OC(=O)CCCCCCCCCCCC(C)C. The molecular formula is C75H146O17P2. The molecule has 0 saturated carbocycles. The van der Waals surface area contributed by atoms with E-state index in [-0.39, 0.29) is 25.7 Å². The van der Waals surface area contributed by atoms with Gasteiger partial charge in [-0.3, -0.25) is 37.3 Å². The summed E-state index contributed by atoms with van der Waals surface area (Å²) in [5.41, 5.74) is 0. The van der Waals surface area contributed by atoms with Crippen LogP contribution in [0, 0.1) is 23.7 Å². The van der Waals surface area contributed by atoms with E-state index in [1.165, 1.54) is 173 Å². The highest BCUT2D eigenvalue weighted by Gasteiger charge is 2.30. The highest BCUT2D eigenvalue weighted by atomic mass is 31.2. The first-order valence-electron chi connectivity index (χ1n) is 38.7. The number of aliphatic hydroxyl groups is 1. The van der Waals surface area contributed by atoms with Crippen LogP contribution < -0.4 is 0 Å². The fraction of sp³-hybridized carbons (Fsp3) is 0.947. The minimum Gasteiger partial charge on any atom is -0.462 e. The number of unbranched alkanes of at least 4 members (excludes halogenated alkanes) is 38. The standard InChI is InChI=1S/C75H146O17P2/c1-65(2)51-43-35-27-21-16-13-11-9-10-12-14-18-24-30-39-47-55-72(77)85-61-70(91-75(80)58-50-42-32-26-20-23-29-37-45-53-67(5)6)63-89-93(81,82)87-59-69(76)60-88-94(83,84)90-64-71(62-86-73(78)56-48-40-34-33-38-46-54-68(7)8)92-74(79)57-49-41-31-25-19-15-17-22-28-36-44-52-66(3)4/h65-71,76H,9-64H2,1-8H3,(H,81,82)(H,83,84)/t69-,70-,71-/m1/s1. The van der Waals surface area contributed by atoms with Crippen LogP contribution in [0.5, 0.6) is 0 Å². The smallest absolute Gasteiger partial charge is 0.462 e. The number of carbonyl (C=O) groups is 4. The summed E-state index contributed by atoms with van der Waals surface area (Å²) in [5, 5.41) is 10.6. The lowest BCUT2D eigenvalue weighted by Gasteiger charge is -2.21. The van der Waals surface area contributed by atoms with Crippen LogP contribution in [0.2, 0.25) is 0 Å². The minimum absolute atomic E-state index is 0.105. The maximum absolute atomic E-state index is 13.1. The second-order valence-electron chi connectivity index (χ2n) is 28.9. The van der Waals surface area contributed by atoms with E-state index in [1.54, 1.807) is 0 Å². The summed E-state index contributed by atoms with van der Waals surface area (Å²) in [6, 6.07) is 0. The highest BCUT2D eigenvalue weighted by Crippen LogP contribution is 2.45. The normalized spacial score (nSPS) is 14.2. The lowest BCUT2D eigenvalue weighted by Crippen LogP contribution is -2.30. The first-order valence-corrected chi connectivity index (χ1v) is 41.7. The molecule has 0 heterocycles. The molecule has 3 N–H and O–H groups in total. The summed E-state index contributed by atoms with van der Waals surface area (Å²) >= 11 is 0. The largest absolute Gasteiger partial charge is 0.472 e. The summed E-state index contributed by atoms with van der Waals surface area (Å²) in [4.78, 5) is 72.7. The predicted molar refractivity (Wildman–Crippen MR) is 381 cm³/mol. The summed E-state index contributed by atoms with van der Waals surface area (Å²) in [7, 11) is -9.91. The summed E-state index contributed by atoms with van der Waals surface area (Å²) in [6.45, 7) is 14.1. The van der Waals surface area contributed by atoms with Gasteiger partial charge in [-0.05, 0) is 49.4 Å². The van der Waals surface area contributed by atoms with Crippen molar-refractivity contribution in [2.24, 2.45) is 23.7 Å². The van der Waals surface area contributed by atoms with Crippen molar-refractivity contribution in [2.45, 2.75) is 395 Å². The van der Waals surface area contributed by atoms with Crippen LogP contribution in [-0.4, -0.2) is 96.7 Å². The van der Waals surface area contributed by atoms with Crippen molar-refractivity contribution in [3.8, 4) is 0 Å². The van der Waals surface area contributed by atoms with Crippen LogP contribution in [0.3, 0.4) is 0 Å². The Morgan fingerprint density at radius 2 is 0.447 bits per heavy atom. The second-order valence-corrected chi connectivity index (χ2v) is 31.9. The van der Waals surface area contributed by atoms with Gasteiger partial charge in [-0.25, -0.2) is 9.13 Å². The summed E-state index contributed by atoms with van der Waals surface area (Å²) in [5.74, 6) is 0.869. The van der Waals surface area contributed by atoms with Gasteiger partial charge in [0.2, 0.25) is 0 Å². The van der Waals surface area contributed by atoms with Crippen LogP contribution in [0.4, 0.5) is 0 Å². The van der Waals surface area contributed by atoms with Gasteiger partial charge in [-0.2, -0.15) is 0 Å². The van der Waals surface area contributed by atoms with Crippen LogP contribution in [-0.2, 0) is 65.4 Å². The maximum Gasteiger partial charge on any atom is 0.472 e. The fourth-order valence-corrected chi connectivity index (χ4v) is 13.0.